The lowest BCUT2D eigenvalue weighted by molar-refractivity contribution is 0.168. The van der Waals surface area contributed by atoms with Crippen LogP contribution in [0.3, 0.4) is 0 Å². The van der Waals surface area contributed by atoms with Crippen LogP contribution in [0.5, 0.6) is 0 Å². The summed E-state index contributed by atoms with van der Waals surface area (Å²) in [5.41, 5.74) is 0.564. The number of aryl methyl sites for hydroxylation is 1. The van der Waals surface area contributed by atoms with E-state index < -0.39 is 11.6 Å². The number of likely N-dealkylation sites (tertiary alicyclic amines) is 1. The van der Waals surface area contributed by atoms with Crippen molar-refractivity contribution in [3.8, 4) is 0 Å². The first kappa shape index (κ1) is 18.8. The summed E-state index contributed by atoms with van der Waals surface area (Å²) >= 11 is 1.59. The molecule has 2 amide bonds. The van der Waals surface area contributed by atoms with Gasteiger partial charge in [0.2, 0.25) is 0 Å². The van der Waals surface area contributed by atoms with Gasteiger partial charge in [-0.05, 0) is 43.2 Å². The fraction of sp³-hybridized carbons (Fsp3) is 0.474. The fourth-order valence-corrected chi connectivity index (χ4v) is 3.89. The molecule has 2 heterocycles. The van der Waals surface area contributed by atoms with E-state index in [-0.39, 0.29) is 6.03 Å². The first-order valence-electron chi connectivity index (χ1n) is 8.97. The zero-order valence-electron chi connectivity index (χ0n) is 14.6. The summed E-state index contributed by atoms with van der Waals surface area (Å²) in [6.07, 6.45) is 5.83. The van der Waals surface area contributed by atoms with Gasteiger partial charge in [-0.2, -0.15) is 0 Å². The molecule has 3 rings (SSSR count). The minimum Gasteiger partial charge on any atom is -0.338 e. The van der Waals surface area contributed by atoms with Gasteiger partial charge in [0.15, 0.2) is 0 Å². The number of halogens is 2. The molecule has 0 aliphatic carbocycles. The van der Waals surface area contributed by atoms with E-state index in [1.165, 1.54) is 12.1 Å². The van der Waals surface area contributed by atoms with E-state index in [1.54, 1.807) is 17.5 Å². The van der Waals surface area contributed by atoms with Gasteiger partial charge in [0.1, 0.15) is 11.6 Å². The summed E-state index contributed by atoms with van der Waals surface area (Å²) in [6, 6.07) is 3.74. The van der Waals surface area contributed by atoms with Crippen molar-refractivity contribution in [2.24, 2.45) is 5.92 Å². The topological polar surface area (TPSA) is 45.2 Å². The summed E-state index contributed by atoms with van der Waals surface area (Å²) in [4.78, 5) is 18.2. The smallest absolute Gasteiger partial charge is 0.317 e. The first-order chi connectivity index (χ1) is 12.6. The van der Waals surface area contributed by atoms with Crippen LogP contribution in [0.1, 0.15) is 29.8 Å². The van der Waals surface area contributed by atoms with Crippen LogP contribution in [0, 0.1) is 17.6 Å². The van der Waals surface area contributed by atoms with Crippen molar-refractivity contribution in [2.45, 2.75) is 32.1 Å². The Morgan fingerprint density at radius 1 is 1.27 bits per heavy atom. The van der Waals surface area contributed by atoms with Gasteiger partial charge in [0.05, 0.1) is 5.01 Å². The number of aromatic nitrogens is 1. The number of hydrogen-bond acceptors (Lipinski definition) is 3. The van der Waals surface area contributed by atoms with Crippen molar-refractivity contribution in [2.75, 3.05) is 19.6 Å². The summed E-state index contributed by atoms with van der Waals surface area (Å²) in [6.45, 7) is 2.04. The zero-order valence-corrected chi connectivity index (χ0v) is 15.4. The predicted molar refractivity (Wildman–Crippen MR) is 98.2 cm³/mol. The van der Waals surface area contributed by atoms with E-state index >= 15 is 0 Å². The maximum absolute atomic E-state index is 13.7. The second-order valence-corrected chi connectivity index (χ2v) is 7.59. The molecule has 1 aromatic carbocycles. The first-order valence-corrected chi connectivity index (χ1v) is 9.85. The molecule has 0 radical (unpaired) electrons. The maximum atomic E-state index is 13.7. The lowest BCUT2D eigenvalue weighted by Crippen LogP contribution is -2.45. The molecular weight excluding hydrogens is 356 g/mol. The maximum Gasteiger partial charge on any atom is 0.317 e. The highest BCUT2D eigenvalue weighted by molar-refractivity contribution is 7.09. The van der Waals surface area contributed by atoms with Gasteiger partial charge in [0.25, 0.3) is 0 Å². The second-order valence-electron chi connectivity index (χ2n) is 6.61. The van der Waals surface area contributed by atoms with Crippen molar-refractivity contribution in [3.63, 3.8) is 0 Å². The molecule has 0 saturated carbocycles. The third kappa shape index (κ3) is 5.24. The number of hydrogen-bond donors (Lipinski definition) is 1. The molecule has 2 aromatic rings. The number of piperidine rings is 1. The number of nitrogens with zero attached hydrogens (tertiary/aromatic N) is 2. The van der Waals surface area contributed by atoms with Gasteiger partial charge in [0, 0.05) is 43.7 Å². The number of thiazole rings is 1. The Kier molecular flexibility index (Phi) is 6.55. The summed E-state index contributed by atoms with van der Waals surface area (Å²) < 4.78 is 26.6. The third-order valence-corrected chi connectivity index (χ3v) is 5.68. The van der Waals surface area contributed by atoms with Crippen molar-refractivity contribution in [1.82, 2.24) is 15.2 Å². The number of benzene rings is 1. The highest BCUT2D eigenvalue weighted by atomic mass is 32.1. The predicted octanol–water partition coefficient (Wildman–Crippen LogP) is 4.02. The molecule has 0 unspecified atom stereocenters. The van der Waals surface area contributed by atoms with E-state index in [9.17, 15) is 13.6 Å². The Morgan fingerprint density at radius 2 is 2.08 bits per heavy atom. The van der Waals surface area contributed by atoms with Crippen LogP contribution in [0.25, 0.3) is 0 Å². The Bertz CT molecular complexity index is 716. The Labute approximate surface area is 156 Å². The van der Waals surface area contributed by atoms with E-state index in [4.69, 9.17) is 0 Å². The third-order valence-electron chi connectivity index (χ3n) is 4.84. The molecule has 1 aliphatic rings. The lowest BCUT2D eigenvalue weighted by Gasteiger charge is -2.32. The Balaban J connectivity index is 1.36. The quantitative estimate of drug-likeness (QED) is 0.824. The van der Waals surface area contributed by atoms with Crippen LogP contribution in [-0.4, -0.2) is 35.5 Å². The molecule has 7 heteroatoms. The Hall–Kier alpha value is -2.02. The van der Waals surface area contributed by atoms with E-state index in [0.29, 0.717) is 24.4 Å². The van der Waals surface area contributed by atoms with Gasteiger partial charge < -0.3 is 10.2 Å². The van der Waals surface area contributed by atoms with Gasteiger partial charge in [-0.1, -0.05) is 6.07 Å². The average molecular weight is 379 g/mol. The largest absolute Gasteiger partial charge is 0.338 e. The monoisotopic (exact) mass is 379 g/mol. The van der Waals surface area contributed by atoms with Gasteiger partial charge in [-0.3, -0.25) is 0 Å². The van der Waals surface area contributed by atoms with Crippen molar-refractivity contribution in [1.29, 1.82) is 0 Å². The molecule has 4 nitrogen and oxygen atoms in total. The van der Waals surface area contributed by atoms with Crippen molar-refractivity contribution >= 4 is 17.4 Å². The lowest BCUT2D eigenvalue weighted by atomic mass is 9.90. The van der Waals surface area contributed by atoms with E-state index in [2.05, 4.69) is 10.3 Å². The molecule has 1 fully saturated rings. The van der Waals surface area contributed by atoms with Crippen LogP contribution in [0.4, 0.5) is 13.6 Å². The summed E-state index contributed by atoms with van der Waals surface area (Å²) in [5.74, 6) is -0.540. The zero-order chi connectivity index (χ0) is 18.4. The van der Waals surface area contributed by atoms with Crippen LogP contribution < -0.4 is 5.32 Å². The normalized spacial score (nSPS) is 15.2. The molecular formula is C19H23F2N3OS. The Morgan fingerprint density at radius 3 is 2.77 bits per heavy atom. The molecule has 0 spiro atoms. The SMILES string of the molecule is O=C(NCCc1nccs1)N1CCC(CCc2ccc(F)cc2F)CC1. The molecule has 140 valence electrons. The molecule has 1 aromatic heterocycles. The molecule has 0 atom stereocenters. The van der Waals surface area contributed by atoms with Crippen molar-refractivity contribution in [3.05, 3.63) is 52.0 Å². The standard InChI is InChI=1S/C19H23F2N3OS/c20-16-4-3-15(17(21)13-16)2-1-14-6-10-24(11-7-14)19(25)23-8-5-18-22-9-12-26-18/h3-4,9,12-14H,1-2,5-8,10-11H2,(H,23,25). The molecule has 0 bridgehead atoms. The van der Waals surface area contributed by atoms with Crippen LogP contribution in [-0.2, 0) is 12.8 Å². The number of nitrogens with one attached hydrogen (secondary N) is 1. The van der Waals surface area contributed by atoms with Gasteiger partial charge >= 0.3 is 6.03 Å². The summed E-state index contributed by atoms with van der Waals surface area (Å²) in [7, 11) is 0. The number of carbonyl (C=O) groups excluding carboxylic acids is 1. The van der Waals surface area contributed by atoms with Crippen LogP contribution in [0.15, 0.2) is 29.8 Å². The number of rotatable bonds is 6. The second kappa shape index (κ2) is 9.07. The molecule has 1 N–H and O–H groups in total. The van der Waals surface area contributed by atoms with E-state index in [1.807, 2.05) is 10.3 Å². The number of amides is 2. The van der Waals surface area contributed by atoms with Crippen LogP contribution >= 0.6 is 11.3 Å². The molecule has 1 saturated heterocycles. The van der Waals surface area contributed by atoms with Gasteiger partial charge in [-0.15, -0.1) is 11.3 Å². The molecule has 1 aliphatic heterocycles. The average Bonchev–Trinajstić information content (AvgIpc) is 3.15. The number of urea groups is 1. The molecule has 26 heavy (non-hydrogen) atoms. The van der Waals surface area contributed by atoms with E-state index in [0.717, 1.165) is 49.8 Å². The minimum absolute atomic E-state index is 0.0235. The fourth-order valence-electron chi connectivity index (χ4n) is 3.27. The highest BCUT2D eigenvalue weighted by Gasteiger charge is 2.22. The van der Waals surface area contributed by atoms with Crippen molar-refractivity contribution < 1.29 is 13.6 Å². The van der Waals surface area contributed by atoms with Crippen LogP contribution in [0.2, 0.25) is 0 Å². The minimum atomic E-state index is -0.541. The number of carbonyl (C=O) groups is 1. The summed E-state index contributed by atoms with van der Waals surface area (Å²) in [5, 5.41) is 5.90. The highest BCUT2D eigenvalue weighted by Crippen LogP contribution is 2.23. The van der Waals surface area contributed by atoms with Gasteiger partial charge in [-0.25, -0.2) is 18.6 Å².